The molecule has 2 heterocycles. The summed E-state index contributed by atoms with van der Waals surface area (Å²) in [4.78, 5) is 6.77. The predicted octanol–water partition coefficient (Wildman–Crippen LogP) is 2.06. The number of aryl methyl sites for hydroxylation is 1. The first-order valence-electron chi connectivity index (χ1n) is 4.98. The molecular weight excluding hydrogens is 196 g/mol. The van der Waals surface area contributed by atoms with Crippen molar-refractivity contribution < 1.29 is 0 Å². The van der Waals surface area contributed by atoms with Gasteiger partial charge in [0.2, 0.25) is 0 Å². The maximum atomic E-state index is 5.76. The van der Waals surface area contributed by atoms with E-state index >= 15 is 0 Å². The average Bonchev–Trinajstić information content (AvgIpc) is 2.13. The number of aromatic nitrogens is 1. The summed E-state index contributed by atoms with van der Waals surface area (Å²) in [7, 11) is 0. The van der Waals surface area contributed by atoms with Crippen LogP contribution >= 0.6 is 11.6 Å². The molecule has 1 aliphatic heterocycles. The van der Waals surface area contributed by atoms with E-state index in [1.807, 2.05) is 12.3 Å². The van der Waals surface area contributed by atoms with Crippen molar-refractivity contribution >= 4 is 11.6 Å². The van der Waals surface area contributed by atoms with Crippen LogP contribution in [0.2, 0.25) is 0 Å². The van der Waals surface area contributed by atoms with Crippen LogP contribution < -0.4 is 0 Å². The summed E-state index contributed by atoms with van der Waals surface area (Å²) in [5.74, 6) is 1.48. The third-order valence-electron chi connectivity index (χ3n) is 2.74. The van der Waals surface area contributed by atoms with E-state index in [0.29, 0.717) is 5.92 Å². The van der Waals surface area contributed by atoms with Gasteiger partial charge < -0.3 is 0 Å². The standard InChI is InChI=1S/C11H15ClN2/c1-9-3-2-4-13-11(9)8-14-6-10(5-12)7-14/h2-4,10H,5-8H2,1H3. The van der Waals surface area contributed by atoms with Crippen LogP contribution in [0.4, 0.5) is 0 Å². The highest BCUT2D eigenvalue weighted by molar-refractivity contribution is 6.18. The molecule has 3 heteroatoms. The maximum Gasteiger partial charge on any atom is 0.0573 e. The number of likely N-dealkylation sites (tertiary alicyclic amines) is 1. The molecule has 0 spiro atoms. The summed E-state index contributed by atoms with van der Waals surface area (Å²) in [6, 6.07) is 4.09. The van der Waals surface area contributed by atoms with Gasteiger partial charge in [-0.25, -0.2) is 0 Å². The first-order chi connectivity index (χ1) is 6.79. The normalized spacial score (nSPS) is 18.1. The molecule has 0 amide bonds. The molecule has 0 unspecified atom stereocenters. The van der Waals surface area contributed by atoms with Gasteiger partial charge in [0.15, 0.2) is 0 Å². The lowest BCUT2D eigenvalue weighted by Crippen LogP contribution is -2.46. The van der Waals surface area contributed by atoms with Crippen molar-refractivity contribution in [3.8, 4) is 0 Å². The van der Waals surface area contributed by atoms with Gasteiger partial charge in [0.05, 0.1) is 5.69 Å². The van der Waals surface area contributed by atoms with Crippen LogP contribution in [0.25, 0.3) is 0 Å². The molecule has 0 bridgehead atoms. The molecule has 0 N–H and O–H groups in total. The van der Waals surface area contributed by atoms with Crippen LogP contribution in [-0.2, 0) is 6.54 Å². The molecule has 0 atom stereocenters. The van der Waals surface area contributed by atoms with E-state index in [0.717, 1.165) is 25.5 Å². The molecule has 0 aromatic carbocycles. The molecule has 1 aromatic rings. The number of rotatable bonds is 3. The Labute approximate surface area is 89.9 Å². The van der Waals surface area contributed by atoms with Crippen LogP contribution in [0.5, 0.6) is 0 Å². The molecule has 1 aliphatic rings. The van der Waals surface area contributed by atoms with Gasteiger partial charge in [-0.1, -0.05) is 6.07 Å². The van der Waals surface area contributed by atoms with Gasteiger partial charge in [-0.3, -0.25) is 9.88 Å². The number of halogens is 1. The number of hydrogen-bond donors (Lipinski definition) is 0. The topological polar surface area (TPSA) is 16.1 Å². The van der Waals surface area contributed by atoms with E-state index in [2.05, 4.69) is 22.9 Å². The zero-order valence-corrected chi connectivity index (χ0v) is 9.17. The number of pyridine rings is 1. The molecular formula is C11H15ClN2. The Kier molecular flexibility index (Phi) is 3.04. The van der Waals surface area contributed by atoms with Crippen LogP contribution in [0.1, 0.15) is 11.3 Å². The molecule has 0 aliphatic carbocycles. The van der Waals surface area contributed by atoms with Crippen molar-refractivity contribution in [2.45, 2.75) is 13.5 Å². The molecule has 1 aromatic heterocycles. The highest BCUT2D eigenvalue weighted by Gasteiger charge is 2.25. The third kappa shape index (κ3) is 2.07. The van der Waals surface area contributed by atoms with E-state index in [1.54, 1.807) is 0 Å². The smallest absolute Gasteiger partial charge is 0.0573 e. The van der Waals surface area contributed by atoms with Gasteiger partial charge in [-0.05, 0) is 24.5 Å². The highest BCUT2D eigenvalue weighted by Crippen LogP contribution is 2.19. The Morgan fingerprint density at radius 3 is 3.00 bits per heavy atom. The zero-order chi connectivity index (χ0) is 9.97. The van der Waals surface area contributed by atoms with Crippen molar-refractivity contribution in [1.29, 1.82) is 0 Å². The minimum absolute atomic E-state index is 0.695. The highest BCUT2D eigenvalue weighted by atomic mass is 35.5. The van der Waals surface area contributed by atoms with Gasteiger partial charge in [-0.15, -0.1) is 11.6 Å². The molecule has 1 saturated heterocycles. The lowest BCUT2D eigenvalue weighted by molar-refractivity contribution is 0.105. The minimum Gasteiger partial charge on any atom is -0.297 e. The summed E-state index contributed by atoms with van der Waals surface area (Å²) in [5, 5.41) is 0. The first kappa shape index (κ1) is 9.94. The molecule has 2 nitrogen and oxygen atoms in total. The Bertz CT molecular complexity index is 308. The molecule has 14 heavy (non-hydrogen) atoms. The molecule has 2 rings (SSSR count). The fourth-order valence-electron chi connectivity index (χ4n) is 1.80. The van der Waals surface area contributed by atoms with Gasteiger partial charge in [0.25, 0.3) is 0 Å². The van der Waals surface area contributed by atoms with Gasteiger partial charge in [0.1, 0.15) is 0 Å². The number of nitrogens with zero attached hydrogens (tertiary/aromatic N) is 2. The Morgan fingerprint density at radius 2 is 2.36 bits per heavy atom. The minimum atomic E-state index is 0.695. The summed E-state index contributed by atoms with van der Waals surface area (Å²) < 4.78 is 0. The van der Waals surface area contributed by atoms with Crippen LogP contribution in [-0.4, -0.2) is 28.9 Å². The Balaban J connectivity index is 1.90. The molecule has 0 saturated carbocycles. The third-order valence-corrected chi connectivity index (χ3v) is 3.18. The van der Waals surface area contributed by atoms with Crippen LogP contribution in [0.3, 0.4) is 0 Å². The summed E-state index contributed by atoms with van der Waals surface area (Å²) in [6.07, 6.45) is 1.86. The molecule has 1 fully saturated rings. The van der Waals surface area contributed by atoms with E-state index in [9.17, 15) is 0 Å². The fraction of sp³-hybridized carbons (Fsp3) is 0.545. The summed E-state index contributed by atoms with van der Waals surface area (Å²) in [5.41, 5.74) is 2.47. The van der Waals surface area contributed by atoms with Crippen molar-refractivity contribution in [3.63, 3.8) is 0 Å². The summed E-state index contributed by atoms with van der Waals surface area (Å²) in [6.45, 7) is 5.33. The number of alkyl halides is 1. The van der Waals surface area contributed by atoms with Crippen molar-refractivity contribution in [2.24, 2.45) is 5.92 Å². The average molecular weight is 211 g/mol. The van der Waals surface area contributed by atoms with Gasteiger partial charge >= 0.3 is 0 Å². The molecule has 0 radical (unpaired) electrons. The lowest BCUT2D eigenvalue weighted by Gasteiger charge is -2.38. The Hall–Kier alpha value is -0.600. The van der Waals surface area contributed by atoms with Crippen LogP contribution in [0, 0.1) is 12.8 Å². The van der Waals surface area contributed by atoms with E-state index in [-0.39, 0.29) is 0 Å². The van der Waals surface area contributed by atoms with E-state index < -0.39 is 0 Å². The fourth-order valence-corrected chi connectivity index (χ4v) is 1.99. The van der Waals surface area contributed by atoms with Crippen LogP contribution in [0.15, 0.2) is 18.3 Å². The monoisotopic (exact) mass is 210 g/mol. The van der Waals surface area contributed by atoms with Crippen molar-refractivity contribution in [1.82, 2.24) is 9.88 Å². The van der Waals surface area contributed by atoms with Gasteiger partial charge in [-0.2, -0.15) is 0 Å². The van der Waals surface area contributed by atoms with Crippen molar-refractivity contribution in [2.75, 3.05) is 19.0 Å². The SMILES string of the molecule is Cc1cccnc1CN1CC(CCl)C1. The zero-order valence-electron chi connectivity index (χ0n) is 8.41. The summed E-state index contributed by atoms with van der Waals surface area (Å²) >= 11 is 5.76. The lowest BCUT2D eigenvalue weighted by atomic mass is 10.0. The molecule has 76 valence electrons. The quantitative estimate of drug-likeness (QED) is 0.711. The largest absolute Gasteiger partial charge is 0.297 e. The maximum absolute atomic E-state index is 5.76. The second-order valence-corrected chi connectivity index (χ2v) is 4.29. The van der Waals surface area contributed by atoms with E-state index in [4.69, 9.17) is 11.6 Å². The van der Waals surface area contributed by atoms with E-state index in [1.165, 1.54) is 11.3 Å². The second-order valence-electron chi connectivity index (χ2n) is 3.98. The predicted molar refractivity (Wildman–Crippen MR) is 58.5 cm³/mol. The van der Waals surface area contributed by atoms with Crippen molar-refractivity contribution in [3.05, 3.63) is 29.6 Å². The second kappa shape index (κ2) is 4.28. The Morgan fingerprint density at radius 1 is 1.57 bits per heavy atom. The number of hydrogen-bond acceptors (Lipinski definition) is 2. The van der Waals surface area contributed by atoms with Gasteiger partial charge in [0, 0.05) is 31.7 Å². The first-order valence-corrected chi connectivity index (χ1v) is 5.52.